The fraction of sp³-hybridized carbons (Fsp3) is 0.286. The molecule has 0 radical (unpaired) electrons. The minimum Gasteiger partial charge on any atom is -0.337 e. The molecule has 5 heteroatoms. The average Bonchev–Trinajstić information content (AvgIpc) is 2.61. The van der Waals surface area contributed by atoms with Gasteiger partial charge in [0.25, 0.3) is 5.91 Å². The van der Waals surface area contributed by atoms with Crippen molar-refractivity contribution in [2.45, 2.75) is 24.7 Å². The van der Waals surface area contributed by atoms with Gasteiger partial charge in [0.1, 0.15) is 0 Å². The second kappa shape index (κ2) is 6.75. The quantitative estimate of drug-likeness (QED) is 0.867. The zero-order valence-corrected chi connectivity index (χ0v) is 14.4. The van der Waals surface area contributed by atoms with Gasteiger partial charge in [-0.3, -0.25) is 19.7 Å². The summed E-state index contributed by atoms with van der Waals surface area (Å²) in [6, 6.07) is 17.3. The Labute approximate surface area is 152 Å². The Morgan fingerprint density at radius 3 is 2.42 bits per heavy atom. The summed E-state index contributed by atoms with van der Waals surface area (Å²) in [6.45, 7) is 1.37. The third-order valence-electron chi connectivity index (χ3n) is 5.21. The lowest BCUT2D eigenvalue weighted by Gasteiger charge is -2.40. The van der Waals surface area contributed by atoms with Crippen LogP contribution in [-0.4, -0.2) is 35.7 Å². The van der Waals surface area contributed by atoms with Crippen molar-refractivity contribution in [3.63, 3.8) is 0 Å². The van der Waals surface area contributed by atoms with Crippen LogP contribution in [0.5, 0.6) is 0 Å². The molecule has 2 aliphatic heterocycles. The molecule has 2 aliphatic rings. The van der Waals surface area contributed by atoms with Crippen LogP contribution in [0, 0.1) is 0 Å². The first-order valence-electron chi connectivity index (χ1n) is 8.89. The van der Waals surface area contributed by atoms with E-state index in [0.717, 1.165) is 11.1 Å². The van der Waals surface area contributed by atoms with E-state index in [1.54, 1.807) is 0 Å². The molecule has 1 N–H and O–H groups in total. The number of carbonyl (C=O) groups is 3. The van der Waals surface area contributed by atoms with Crippen molar-refractivity contribution >= 4 is 17.7 Å². The molecular weight excluding hydrogens is 328 g/mol. The average molecular weight is 348 g/mol. The highest BCUT2D eigenvalue weighted by atomic mass is 16.2. The molecule has 2 aromatic carbocycles. The molecule has 0 aliphatic carbocycles. The summed E-state index contributed by atoms with van der Waals surface area (Å²) < 4.78 is 0. The molecule has 3 amide bonds. The zero-order valence-electron chi connectivity index (χ0n) is 14.4. The first kappa shape index (κ1) is 16.5. The van der Waals surface area contributed by atoms with Crippen LogP contribution in [0.4, 0.5) is 0 Å². The summed E-state index contributed by atoms with van der Waals surface area (Å²) in [6.07, 6.45) is 0.931. The van der Waals surface area contributed by atoms with E-state index < -0.39 is 0 Å². The first-order valence-corrected chi connectivity index (χ1v) is 8.89. The van der Waals surface area contributed by atoms with E-state index in [9.17, 15) is 14.4 Å². The molecule has 2 saturated heterocycles. The molecule has 1 atom stereocenters. The second-order valence-electron chi connectivity index (χ2n) is 6.95. The maximum absolute atomic E-state index is 12.4. The van der Waals surface area contributed by atoms with Crippen LogP contribution in [0.15, 0.2) is 54.6 Å². The molecule has 0 saturated carbocycles. The molecule has 2 aromatic rings. The van der Waals surface area contributed by atoms with Crippen molar-refractivity contribution in [3.8, 4) is 0 Å². The van der Waals surface area contributed by atoms with Crippen molar-refractivity contribution < 1.29 is 14.4 Å². The number of imide groups is 1. The van der Waals surface area contributed by atoms with Crippen LogP contribution in [0.1, 0.15) is 46.2 Å². The van der Waals surface area contributed by atoms with E-state index in [-0.39, 0.29) is 29.6 Å². The number of carbonyl (C=O) groups excluding carboxylic acids is 3. The van der Waals surface area contributed by atoms with Crippen LogP contribution in [-0.2, 0) is 9.59 Å². The fourth-order valence-electron chi connectivity index (χ4n) is 3.66. The van der Waals surface area contributed by atoms with Crippen molar-refractivity contribution in [1.29, 1.82) is 0 Å². The van der Waals surface area contributed by atoms with Crippen LogP contribution in [0.2, 0.25) is 0 Å². The number of likely N-dealkylation sites (tertiary alicyclic amines) is 1. The Hall–Kier alpha value is -2.95. The summed E-state index contributed by atoms with van der Waals surface area (Å²) in [5, 5.41) is 2.41. The van der Waals surface area contributed by atoms with Gasteiger partial charge < -0.3 is 4.90 Å². The molecule has 26 heavy (non-hydrogen) atoms. The zero-order chi connectivity index (χ0) is 18.1. The van der Waals surface area contributed by atoms with Gasteiger partial charge >= 0.3 is 0 Å². The predicted octanol–water partition coefficient (Wildman–Crippen LogP) is 2.45. The minimum atomic E-state index is -0.269. The van der Waals surface area contributed by atoms with Gasteiger partial charge in [0.15, 0.2) is 0 Å². The topological polar surface area (TPSA) is 66.5 Å². The van der Waals surface area contributed by atoms with Gasteiger partial charge in [0.05, 0.1) is 5.92 Å². The van der Waals surface area contributed by atoms with E-state index in [2.05, 4.69) is 11.4 Å². The second-order valence-corrected chi connectivity index (χ2v) is 6.95. The first-order chi connectivity index (χ1) is 12.6. The van der Waals surface area contributed by atoms with Crippen molar-refractivity contribution in [3.05, 3.63) is 71.3 Å². The normalized spacial score (nSPS) is 20.5. The largest absolute Gasteiger partial charge is 0.337 e. The fourth-order valence-corrected chi connectivity index (χ4v) is 3.66. The van der Waals surface area contributed by atoms with Crippen LogP contribution < -0.4 is 5.32 Å². The summed E-state index contributed by atoms with van der Waals surface area (Å²) in [5.74, 6) is -0.335. The van der Waals surface area contributed by atoms with Crippen molar-refractivity contribution in [1.82, 2.24) is 10.2 Å². The standard InChI is InChI=1S/C21H20N2O3/c24-19-10-9-18(20(25)22-19)16-8-4-7-15(11-16)17-12-23(13-17)21(26)14-5-2-1-3-6-14/h1-8,11,17-18H,9-10,12-13H2,(H,22,24,25). The van der Waals surface area contributed by atoms with Gasteiger partial charge in [-0.25, -0.2) is 0 Å². The summed E-state index contributed by atoms with van der Waals surface area (Å²) in [4.78, 5) is 37.7. The number of benzene rings is 2. The van der Waals surface area contributed by atoms with Crippen LogP contribution in [0.25, 0.3) is 0 Å². The highest BCUT2D eigenvalue weighted by Crippen LogP contribution is 2.32. The molecule has 0 spiro atoms. The Morgan fingerprint density at radius 1 is 0.962 bits per heavy atom. The predicted molar refractivity (Wildman–Crippen MR) is 96.7 cm³/mol. The van der Waals surface area contributed by atoms with Crippen LogP contribution in [0.3, 0.4) is 0 Å². The lowest BCUT2D eigenvalue weighted by molar-refractivity contribution is -0.134. The monoisotopic (exact) mass is 348 g/mol. The minimum absolute atomic E-state index is 0.0585. The van der Waals surface area contributed by atoms with Gasteiger partial charge in [-0.15, -0.1) is 0 Å². The van der Waals surface area contributed by atoms with E-state index in [1.807, 2.05) is 53.4 Å². The summed E-state index contributed by atoms with van der Waals surface area (Å²) in [5.41, 5.74) is 2.80. The molecule has 4 rings (SSSR count). The highest BCUT2D eigenvalue weighted by Gasteiger charge is 2.33. The molecule has 0 bridgehead atoms. The summed E-state index contributed by atoms with van der Waals surface area (Å²) >= 11 is 0. The van der Waals surface area contributed by atoms with E-state index in [0.29, 0.717) is 31.5 Å². The Bertz CT molecular complexity index is 857. The van der Waals surface area contributed by atoms with E-state index in [4.69, 9.17) is 0 Å². The van der Waals surface area contributed by atoms with E-state index >= 15 is 0 Å². The van der Waals surface area contributed by atoms with Gasteiger partial charge in [-0.2, -0.15) is 0 Å². The Morgan fingerprint density at radius 2 is 1.69 bits per heavy atom. The molecule has 1 unspecified atom stereocenters. The van der Waals surface area contributed by atoms with Gasteiger partial charge in [0, 0.05) is 31.0 Å². The summed E-state index contributed by atoms with van der Waals surface area (Å²) in [7, 11) is 0. The lowest BCUT2D eigenvalue weighted by Crippen LogP contribution is -2.48. The maximum atomic E-state index is 12.4. The lowest BCUT2D eigenvalue weighted by atomic mass is 9.85. The number of amides is 3. The molecule has 2 fully saturated rings. The number of hydrogen-bond acceptors (Lipinski definition) is 3. The Balaban J connectivity index is 1.43. The SMILES string of the molecule is O=C1CCC(c2cccc(C3CN(C(=O)c4ccccc4)C3)c2)C(=O)N1. The number of piperidine rings is 1. The third-order valence-corrected chi connectivity index (χ3v) is 5.21. The number of nitrogens with zero attached hydrogens (tertiary/aromatic N) is 1. The van der Waals surface area contributed by atoms with E-state index in [1.165, 1.54) is 0 Å². The molecular formula is C21H20N2O3. The molecule has 5 nitrogen and oxygen atoms in total. The molecule has 0 aromatic heterocycles. The number of rotatable bonds is 3. The maximum Gasteiger partial charge on any atom is 0.253 e. The highest BCUT2D eigenvalue weighted by molar-refractivity contribution is 6.01. The number of nitrogens with one attached hydrogen (secondary N) is 1. The third kappa shape index (κ3) is 3.12. The number of hydrogen-bond donors (Lipinski definition) is 1. The van der Waals surface area contributed by atoms with Crippen molar-refractivity contribution in [2.24, 2.45) is 0 Å². The van der Waals surface area contributed by atoms with Gasteiger partial charge in [-0.05, 0) is 29.7 Å². The van der Waals surface area contributed by atoms with Gasteiger partial charge in [0.2, 0.25) is 11.8 Å². The molecule has 2 heterocycles. The smallest absolute Gasteiger partial charge is 0.253 e. The Kier molecular flexibility index (Phi) is 4.29. The van der Waals surface area contributed by atoms with Crippen LogP contribution >= 0.6 is 0 Å². The molecule has 132 valence electrons. The van der Waals surface area contributed by atoms with Crippen molar-refractivity contribution in [2.75, 3.05) is 13.1 Å². The van der Waals surface area contributed by atoms with Gasteiger partial charge in [-0.1, -0.05) is 42.5 Å².